The molecule has 1 aliphatic heterocycles. The molecule has 0 bridgehead atoms. The molecule has 1 amide bonds. The molecule has 0 spiro atoms. The van der Waals surface area contributed by atoms with Gasteiger partial charge in [-0.2, -0.15) is 0 Å². The van der Waals surface area contributed by atoms with Crippen LogP contribution in [-0.2, 0) is 4.79 Å². The van der Waals surface area contributed by atoms with Crippen LogP contribution < -0.4 is 73.8 Å². The molecule has 2 rings (SSSR count). The quantitative estimate of drug-likeness (QED) is 0.310. The molecule has 0 fully saturated rings. The van der Waals surface area contributed by atoms with Gasteiger partial charge in [0.2, 0.25) is 6.41 Å². The number of aromatic carboxylic acids is 1. The Labute approximate surface area is 177 Å². The maximum atomic E-state index is 11.4. The van der Waals surface area contributed by atoms with Crippen molar-refractivity contribution in [2.24, 2.45) is 0 Å². The van der Waals surface area contributed by atoms with E-state index in [0.29, 0.717) is 12.0 Å². The third-order valence-electron chi connectivity index (χ3n) is 3.37. The number of carbonyl (C=O) groups is 2. The SMILES string of the molecule is COc1ccc2c(c1C(=O)O)O[B-](O)(O)CC2CNC=O.[Na+].[Na+]. The molecule has 1 aromatic rings. The Hall–Kier alpha value is -0.255. The van der Waals surface area contributed by atoms with Crippen molar-refractivity contribution < 1.29 is 93.2 Å². The van der Waals surface area contributed by atoms with Crippen molar-refractivity contribution in [2.75, 3.05) is 13.7 Å². The first-order chi connectivity index (χ1) is 9.89. The zero-order chi connectivity index (χ0) is 15.6. The zero-order valence-electron chi connectivity index (χ0n) is 13.3. The fourth-order valence-corrected chi connectivity index (χ4v) is 2.52. The van der Waals surface area contributed by atoms with E-state index >= 15 is 0 Å². The van der Waals surface area contributed by atoms with E-state index in [1.54, 1.807) is 6.07 Å². The van der Waals surface area contributed by atoms with Gasteiger partial charge >= 0.3 is 71.8 Å². The summed E-state index contributed by atoms with van der Waals surface area (Å²) in [4.78, 5) is 21.8. The van der Waals surface area contributed by atoms with Crippen LogP contribution in [0.15, 0.2) is 12.1 Å². The Bertz CT molecular complexity index is 585. The standard InChI is InChI=1S/C12H15BNO7.2Na/c1-20-9-3-2-8-7(5-14-6-15)4-13(18,19)21-11(8)10(9)12(16)17;;/h2-3,6-7,18-19H,4-5H2,1H3,(H,14,15)(H,16,17);;/q-1;2*+1. The Morgan fingerprint density at radius 2 is 2.13 bits per heavy atom. The van der Waals surface area contributed by atoms with E-state index in [2.05, 4.69) is 5.32 Å². The van der Waals surface area contributed by atoms with Crippen molar-refractivity contribution in [3.63, 3.8) is 0 Å². The van der Waals surface area contributed by atoms with Gasteiger partial charge in [-0.25, -0.2) is 4.79 Å². The van der Waals surface area contributed by atoms with Gasteiger partial charge in [0.25, 0.3) is 0 Å². The first-order valence-electron chi connectivity index (χ1n) is 6.30. The van der Waals surface area contributed by atoms with Crippen molar-refractivity contribution in [1.29, 1.82) is 0 Å². The fraction of sp³-hybridized carbons (Fsp3) is 0.333. The second-order valence-corrected chi connectivity index (χ2v) is 4.80. The van der Waals surface area contributed by atoms with Gasteiger partial charge in [0.15, 0.2) is 0 Å². The van der Waals surface area contributed by atoms with E-state index in [1.165, 1.54) is 13.2 Å². The van der Waals surface area contributed by atoms with E-state index in [1.807, 2.05) is 0 Å². The molecular weight excluding hydrogens is 327 g/mol. The van der Waals surface area contributed by atoms with Gasteiger partial charge in [-0.05, 0) is 17.5 Å². The molecule has 0 aromatic heterocycles. The number of ether oxygens (including phenoxy) is 1. The van der Waals surface area contributed by atoms with Crippen molar-refractivity contribution in [2.45, 2.75) is 12.2 Å². The van der Waals surface area contributed by atoms with E-state index in [-0.39, 0.29) is 89.0 Å². The molecule has 1 aliphatic rings. The van der Waals surface area contributed by atoms with Crippen LogP contribution in [0.2, 0.25) is 6.32 Å². The maximum absolute atomic E-state index is 11.4. The number of carboxylic acid groups (broad SMARTS) is 1. The first-order valence-corrected chi connectivity index (χ1v) is 6.30. The molecule has 8 nitrogen and oxygen atoms in total. The van der Waals surface area contributed by atoms with Crippen molar-refractivity contribution in [1.82, 2.24) is 5.32 Å². The average molecular weight is 342 g/mol. The van der Waals surface area contributed by atoms with Crippen LogP contribution in [0.25, 0.3) is 0 Å². The predicted molar refractivity (Wildman–Crippen MR) is 72.4 cm³/mol. The number of carbonyl (C=O) groups excluding carboxylic acids is 1. The molecule has 1 atom stereocenters. The van der Waals surface area contributed by atoms with Gasteiger partial charge in [-0.3, -0.25) is 4.79 Å². The molecule has 1 unspecified atom stereocenters. The summed E-state index contributed by atoms with van der Waals surface area (Å²) in [6, 6.07) is 3.05. The van der Waals surface area contributed by atoms with Crippen LogP contribution >= 0.6 is 0 Å². The van der Waals surface area contributed by atoms with Gasteiger partial charge in [-0.1, -0.05) is 12.4 Å². The van der Waals surface area contributed by atoms with Crippen LogP contribution in [0, 0.1) is 0 Å². The number of methoxy groups -OCH3 is 1. The summed E-state index contributed by atoms with van der Waals surface area (Å²) in [6.07, 6.45) is 0.347. The first kappa shape index (κ1) is 22.7. The second kappa shape index (κ2) is 9.29. The third-order valence-corrected chi connectivity index (χ3v) is 3.37. The van der Waals surface area contributed by atoms with Crippen LogP contribution in [0.3, 0.4) is 0 Å². The summed E-state index contributed by atoms with van der Waals surface area (Å²) in [6.45, 7) is -3.07. The number of fused-ring (bicyclic) bond motifs is 1. The zero-order valence-corrected chi connectivity index (χ0v) is 17.3. The van der Waals surface area contributed by atoms with Crippen molar-refractivity contribution in [3.8, 4) is 11.5 Å². The predicted octanol–water partition coefficient (Wildman–Crippen LogP) is -6.45. The topological polar surface area (TPSA) is 125 Å². The van der Waals surface area contributed by atoms with Crippen LogP contribution in [-0.4, -0.2) is 47.9 Å². The number of benzene rings is 1. The second-order valence-electron chi connectivity index (χ2n) is 4.80. The molecule has 11 heteroatoms. The van der Waals surface area contributed by atoms with Crippen molar-refractivity contribution >= 4 is 19.1 Å². The molecule has 1 aromatic carbocycles. The van der Waals surface area contributed by atoms with Gasteiger partial charge in [-0.15, -0.1) is 0 Å². The van der Waals surface area contributed by atoms with E-state index in [9.17, 15) is 24.7 Å². The summed E-state index contributed by atoms with van der Waals surface area (Å²) < 4.78 is 10.0. The Morgan fingerprint density at radius 1 is 1.48 bits per heavy atom. The summed E-state index contributed by atoms with van der Waals surface area (Å²) in [5, 5.41) is 31.4. The number of hydrogen-bond acceptors (Lipinski definition) is 6. The number of nitrogens with one attached hydrogen (secondary N) is 1. The molecule has 0 radical (unpaired) electrons. The van der Waals surface area contributed by atoms with Crippen LogP contribution in [0.1, 0.15) is 21.8 Å². The summed E-state index contributed by atoms with van der Waals surface area (Å²) in [7, 11) is 1.30. The molecule has 23 heavy (non-hydrogen) atoms. The summed E-state index contributed by atoms with van der Waals surface area (Å²) in [5.41, 5.74) is 0.198. The number of hydrogen-bond donors (Lipinski definition) is 4. The Balaban J connectivity index is 0.00000242. The van der Waals surface area contributed by atoms with Crippen molar-refractivity contribution in [3.05, 3.63) is 23.3 Å². The summed E-state index contributed by atoms with van der Waals surface area (Å²) >= 11 is 0. The van der Waals surface area contributed by atoms with Crippen LogP contribution in [0.4, 0.5) is 0 Å². The number of amides is 1. The van der Waals surface area contributed by atoms with E-state index < -0.39 is 18.6 Å². The molecule has 0 saturated heterocycles. The average Bonchev–Trinajstić information content (AvgIpc) is 2.41. The van der Waals surface area contributed by atoms with Gasteiger partial charge in [0, 0.05) is 6.54 Å². The molecule has 0 aliphatic carbocycles. The van der Waals surface area contributed by atoms with E-state index in [4.69, 9.17) is 9.39 Å². The Morgan fingerprint density at radius 3 is 2.65 bits per heavy atom. The number of rotatable bonds is 5. The van der Waals surface area contributed by atoms with E-state index in [0.717, 1.165) is 0 Å². The van der Waals surface area contributed by atoms with Gasteiger partial charge < -0.3 is 29.9 Å². The molecule has 4 N–H and O–H groups in total. The minimum atomic E-state index is -3.20. The van der Waals surface area contributed by atoms with Gasteiger partial charge in [0.05, 0.1) is 12.9 Å². The third kappa shape index (κ3) is 5.11. The largest absolute Gasteiger partial charge is 1.00 e. The molecule has 0 saturated carbocycles. The van der Waals surface area contributed by atoms with Crippen LogP contribution in [0.5, 0.6) is 11.5 Å². The molecular formula is C12H15BNNa2O7+. The molecule has 1 heterocycles. The Kier molecular flexibility index (Phi) is 9.18. The minimum absolute atomic E-state index is 0. The smallest absolute Gasteiger partial charge is 0.669 e. The maximum Gasteiger partial charge on any atom is 1.00 e. The summed E-state index contributed by atoms with van der Waals surface area (Å²) in [5.74, 6) is -1.87. The fourth-order valence-electron chi connectivity index (χ4n) is 2.52. The normalized spacial score (nSPS) is 17.4. The molecule has 114 valence electrons. The monoisotopic (exact) mass is 342 g/mol. The van der Waals surface area contributed by atoms with Gasteiger partial charge in [0.1, 0.15) is 11.3 Å². The number of carboxylic acids is 1. The minimum Gasteiger partial charge on any atom is -0.669 e.